The molecule has 1 aromatic heterocycles. The Morgan fingerprint density at radius 2 is 2.17 bits per heavy atom. The molecule has 94 valence electrons. The molecule has 1 fully saturated rings. The molecule has 8 heteroatoms. The molecule has 0 radical (unpaired) electrons. The van der Waals surface area contributed by atoms with Crippen molar-refractivity contribution in [1.29, 1.82) is 0 Å². The van der Waals surface area contributed by atoms with Crippen LogP contribution >= 0.6 is 0 Å². The number of amides is 2. The fraction of sp³-hybridized carbons (Fsp3) is 0.500. The van der Waals surface area contributed by atoms with Crippen LogP contribution in [0.2, 0.25) is 0 Å². The average Bonchev–Trinajstić information content (AvgIpc) is 3.11. The molecule has 18 heavy (non-hydrogen) atoms. The van der Waals surface area contributed by atoms with Crippen molar-refractivity contribution < 1.29 is 14.0 Å². The molecule has 0 atom stereocenters. The van der Waals surface area contributed by atoms with Crippen LogP contribution in [0.5, 0.6) is 0 Å². The maximum absolute atomic E-state index is 11.7. The summed E-state index contributed by atoms with van der Waals surface area (Å²) in [6, 6.07) is 0.0708. The van der Waals surface area contributed by atoms with Crippen LogP contribution in [-0.2, 0) is 9.59 Å². The normalized spacial score (nSPS) is 19.1. The van der Waals surface area contributed by atoms with Crippen molar-refractivity contribution >= 4 is 23.5 Å². The van der Waals surface area contributed by atoms with E-state index in [1.807, 2.05) is 0 Å². The van der Waals surface area contributed by atoms with Gasteiger partial charge in [-0.15, -0.1) is 5.10 Å². The van der Waals surface area contributed by atoms with Crippen molar-refractivity contribution in [1.82, 2.24) is 15.6 Å². The van der Waals surface area contributed by atoms with E-state index in [0.717, 1.165) is 12.8 Å². The van der Waals surface area contributed by atoms with Crippen molar-refractivity contribution in [3.05, 3.63) is 5.89 Å². The molecule has 0 bridgehead atoms. The number of rotatable bonds is 3. The second-order valence-corrected chi connectivity index (χ2v) is 4.27. The monoisotopic (exact) mass is 249 g/mol. The minimum atomic E-state index is -0.430. The third-order valence-electron chi connectivity index (χ3n) is 2.75. The van der Waals surface area contributed by atoms with Crippen LogP contribution in [0, 0.1) is 0 Å². The Labute approximate surface area is 102 Å². The lowest BCUT2D eigenvalue weighted by molar-refractivity contribution is -0.121. The first kappa shape index (κ1) is 10.9. The van der Waals surface area contributed by atoms with Gasteiger partial charge in [-0.3, -0.25) is 14.9 Å². The lowest BCUT2D eigenvalue weighted by Crippen LogP contribution is -2.32. The van der Waals surface area contributed by atoms with E-state index < -0.39 is 5.91 Å². The predicted molar refractivity (Wildman–Crippen MR) is 59.7 cm³/mol. The number of anilines is 1. The molecule has 1 aliphatic heterocycles. The summed E-state index contributed by atoms with van der Waals surface area (Å²) in [5.74, 6) is 0.278. The number of hydrazone groups is 1. The third kappa shape index (κ3) is 2.22. The molecular weight excluding hydrogens is 238 g/mol. The quantitative estimate of drug-likeness (QED) is 0.792. The summed E-state index contributed by atoms with van der Waals surface area (Å²) in [4.78, 5) is 22.6. The van der Waals surface area contributed by atoms with Crippen molar-refractivity contribution in [3.8, 4) is 0 Å². The molecule has 3 rings (SSSR count). The molecule has 2 N–H and O–H groups in total. The van der Waals surface area contributed by atoms with E-state index in [1.165, 1.54) is 0 Å². The van der Waals surface area contributed by atoms with Gasteiger partial charge in [-0.1, -0.05) is 5.10 Å². The van der Waals surface area contributed by atoms with Gasteiger partial charge in [-0.2, -0.15) is 5.10 Å². The zero-order valence-corrected chi connectivity index (χ0v) is 9.47. The van der Waals surface area contributed by atoms with Crippen molar-refractivity contribution in [2.24, 2.45) is 5.10 Å². The van der Waals surface area contributed by atoms with Crippen LogP contribution < -0.4 is 10.7 Å². The van der Waals surface area contributed by atoms with Crippen LogP contribution in [-0.4, -0.2) is 27.7 Å². The molecule has 2 aliphatic rings. The maximum Gasteiger partial charge on any atom is 0.322 e. The van der Waals surface area contributed by atoms with Crippen LogP contribution in [0.15, 0.2) is 9.52 Å². The van der Waals surface area contributed by atoms with Crippen LogP contribution in [0.4, 0.5) is 6.01 Å². The number of aromatic nitrogens is 2. The molecule has 8 nitrogen and oxygen atoms in total. The lowest BCUT2D eigenvalue weighted by atomic mass is 10.2. The summed E-state index contributed by atoms with van der Waals surface area (Å²) < 4.78 is 5.29. The first-order chi connectivity index (χ1) is 8.72. The van der Waals surface area contributed by atoms with Gasteiger partial charge in [-0.25, -0.2) is 5.43 Å². The minimum Gasteiger partial charge on any atom is -0.408 e. The average molecular weight is 249 g/mol. The Balaban J connectivity index is 1.64. The topological polar surface area (TPSA) is 109 Å². The highest BCUT2D eigenvalue weighted by molar-refractivity contribution is 6.43. The van der Waals surface area contributed by atoms with Crippen LogP contribution in [0.3, 0.4) is 0 Å². The van der Waals surface area contributed by atoms with E-state index in [0.29, 0.717) is 18.2 Å². The Hall–Kier alpha value is -2.25. The van der Waals surface area contributed by atoms with Gasteiger partial charge in [0.2, 0.25) is 11.8 Å². The van der Waals surface area contributed by atoms with E-state index in [4.69, 9.17) is 4.42 Å². The second-order valence-electron chi connectivity index (χ2n) is 4.27. The minimum absolute atomic E-state index is 0.0708. The smallest absolute Gasteiger partial charge is 0.322 e. The Morgan fingerprint density at radius 3 is 2.83 bits per heavy atom. The molecule has 1 aromatic rings. The number of hydrogen-bond acceptors (Lipinski definition) is 6. The number of carbonyl (C=O) groups is 2. The summed E-state index contributed by atoms with van der Waals surface area (Å²) in [5.41, 5.74) is 2.50. The molecule has 0 unspecified atom stereocenters. The molecule has 0 saturated heterocycles. The first-order valence-corrected chi connectivity index (χ1v) is 5.72. The van der Waals surface area contributed by atoms with E-state index >= 15 is 0 Å². The van der Waals surface area contributed by atoms with Crippen molar-refractivity contribution in [2.45, 2.75) is 31.6 Å². The molecular formula is C10H11N5O3. The van der Waals surface area contributed by atoms with Crippen molar-refractivity contribution in [2.75, 3.05) is 5.32 Å². The Bertz CT molecular complexity index is 531. The fourth-order valence-corrected chi connectivity index (χ4v) is 1.59. The van der Waals surface area contributed by atoms with E-state index in [2.05, 4.69) is 26.0 Å². The number of hydrogen-bond donors (Lipinski definition) is 2. The highest BCUT2D eigenvalue weighted by atomic mass is 16.4. The van der Waals surface area contributed by atoms with Gasteiger partial charge in [0.25, 0.3) is 5.91 Å². The lowest BCUT2D eigenvalue weighted by Gasteiger charge is -2.09. The number of nitrogens with zero attached hydrogens (tertiary/aromatic N) is 3. The van der Waals surface area contributed by atoms with Gasteiger partial charge in [0.05, 0.1) is 0 Å². The number of carbonyl (C=O) groups excluding carboxylic acids is 2. The summed E-state index contributed by atoms with van der Waals surface area (Å²) in [7, 11) is 0. The van der Waals surface area contributed by atoms with E-state index in [-0.39, 0.29) is 24.1 Å². The molecule has 0 spiro atoms. The standard InChI is InChI=1S/C10H11N5O3/c16-7-4-3-6(12-13-7)8(17)11-10-15-14-9(18-10)5-1-2-5/h5H,1-4H2,(H,13,16)(H,11,15,17). The first-order valence-electron chi connectivity index (χ1n) is 5.72. The summed E-state index contributed by atoms with van der Waals surface area (Å²) in [6.45, 7) is 0. The second kappa shape index (κ2) is 4.21. The highest BCUT2D eigenvalue weighted by Gasteiger charge is 2.30. The van der Waals surface area contributed by atoms with Crippen molar-refractivity contribution in [3.63, 3.8) is 0 Å². The molecule has 0 aromatic carbocycles. The van der Waals surface area contributed by atoms with Gasteiger partial charge in [0.1, 0.15) is 5.71 Å². The molecule has 1 saturated carbocycles. The Kier molecular flexibility index (Phi) is 2.54. The molecule has 2 heterocycles. The molecule has 1 aliphatic carbocycles. The summed E-state index contributed by atoms with van der Waals surface area (Å²) in [6.07, 6.45) is 2.66. The fourth-order valence-electron chi connectivity index (χ4n) is 1.59. The van der Waals surface area contributed by atoms with Gasteiger partial charge in [0, 0.05) is 18.8 Å². The highest BCUT2D eigenvalue weighted by Crippen LogP contribution is 2.39. The number of nitrogens with one attached hydrogen (secondary N) is 2. The largest absolute Gasteiger partial charge is 0.408 e. The van der Waals surface area contributed by atoms with Gasteiger partial charge >= 0.3 is 6.01 Å². The van der Waals surface area contributed by atoms with Crippen LogP contribution in [0.25, 0.3) is 0 Å². The SMILES string of the molecule is O=C1CCC(C(=O)Nc2nnc(C3CC3)o2)=NN1. The van der Waals surface area contributed by atoms with E-state index in [1.54, 1.807) is 0 Å². The molecule has 2 amide bonds. The summed E-state index contributed by atoms with van der Waals surface area (Å²) >= 11 is 0. The van der Waals surface area contributed by atoms with Gasteiger partial charge in [0.15, 0.2) is 0 Å². The zero-order chi connectivity index (χ0) is 12.5. The van der Waals surface area contributed by atoms with Crippen LogP contribution in [0.1, 0.15) is 37.5 Å². The van der Waals surface area contributed by atoms with Gasteiger partial charge in [-0.05, 0) is 12.8 Å². The van der Waals surface area contributed by atoms with E-state index in [9.17, 15) is 9.59 Å². The Morgan fingerprint density at radius 1 is 1.33 bits per heavy atom. The third-order valence-corrected chi connectivity index (χ3v) is 2.75. The summed E-state index contributed by atoms with van der Waals surface area (Å²) in [5, 5.41) is 13.7. The predicted octanol–water partition coefficient (Wildman–Crippen LogP) is 0.151. The van der Waals surface area contributed by atoms with Gasteiger partial charge < -0.3 is 4.42 Å². The zero-order valence-electron chi connectivity index (χ0n) is 9.47. The maximum atomic E-state index is 11.7.